The van der Waals surface area contributed by atoms with Gasteiger partial charge in [0.25, 0.3) is 0 Å². The van der Waals surface area contributed by atoms with E-state index < -0.39 is 11.7 Å². The number of benzene rings is 1. The van der Waals surface area contributed by atoms with Crippen LogP contribution in [0.25, 0.3) is 0 Å². The van der Waals surface area contributed by atoms with Crippen LogP contribution in [0.2, 0.25) is 0 Å². The van der Waals surface area contributed by atoms with E-state index in [0.29, 0.717) is 11.7 Å². The molecule has 0 bridgehead atoms. The zero-order valence-corrected chi connectivity index (χ0v) is 17.7. The van der Waals surface area contributed by atoms with Crippen molar-refractivity contribution in [2.75, 3.05) is 0 Å². The Morgan fingerprint density at radius 3 is 2.48 bits per heavy atom. The Bertz CT molecular complexity index is 798. The van der Waals surface area contributed by atoms with Crippen molar-refractivity contribution < 1.29 is 14.3 Å². The summed E-state index contributed by atoms with van der Waals surface area (Å²) < 4.78 is 6.55. The number of alkyl carbamates (subject to hydrolysis) is 1. The molecule has 0 aliphatic rings. The first-order chi connectivity index (χ1) is 13.6. The van der Waals surface area contributed by atoms with E-state index in [1.54, 1.807) is 20.8 Å². The molecule has 29 heavy (non-hydrogen) atoms. The van der Waals surface area contributed by atoms with Crippen molar-refractivity contribution in [1.29, 1.82) is 0 Å². The Morgan fingerprint density at radius 2 is 1.86 bits per heavy atom. The molecule has 0 fully saturated rings. The molecule has 2 rings (SSSR count). The van der Waals surface area contributed by atoms with Crippen LogP contribution in [0.3, 0.4) is 0 Å². The summed E-state index contributed by atoms with van der Waals surface area (Å²) in [6.07, 6.45) is 0.246. The Kier molecular flexibility index (Phi) is 7.69. The van der Waals surface area contributed by atoms with Crippen LogP contribution in [0, 0.1) is 5.92 Å². The minimum Gasteiger partial charge on any atom is -0.444 e. The van der Waals surface area contributed by atoms with Gasteiger partial charge in [0.05, 0.1) is 12.6 Å². The van der Waals surface area contributed by atoms with Crippen LogP contribution >= 0.6 is 0 Å². The van der Waals surface area contributed by atoms with E-state index in [4.69, 9.17) is 4.74 Å². The normalized spacial score (nSPS) is 12.5. The summed E-state index contributed by atoms with van der Waals surface area (Å²) in [7, 11) is 0. The second-order valence-electron chi connectivity index (χ2n) is 8.27. The fourth-order valence-corrected chi connectivity index (χ4v) is 2.75. The van der Waals surface area contributed by atoms with Crippen molar-refractivity contribution in [2.24, 2.45) is 5.92 Å². The highest BCUT2D eigenvalue weighted by Gasteiger charge is 2.19. The number of ether oxygens (including phenoxy) is 1. The van der Waals surface area contributed by atoms with Gasteiger partial charge >= 0.3 is 6.09 Å². The molecule has 1 heterocycles. The fourth-order valence-electron chi connectivity index (χ4n) is 2.75. The van der Waals surface area contributed by atoms with Crippen LogP contribution < -0.4 is 10.6 Å². The molecule has 9 nitrogen and oxygen atoms in total. The van der Waals surface area contributed by atoms with Gasteiger partial charge in [-0.25, -0.2) is 9.48 Å². The predicted octanol–water partition coefficient (Wildman–Crippen LogP) is 2.60. The van der Waals surface area contributed by atoms with Gasteiger partial charge in [-0.2, -0.15) is 0 Å². The molecule has 2 N–H and O–H groups in total. The van der Waals surface area contributed by atoms with E-state index >= 15 is 0 Å². The topological polar surface area (TPSA) is 111 Å². The highest BCUT2D eigenvalue weighted by molar-refractivity contribution is 5.76. The van der Waals surface area contributed by atoms with Crippen LogP contribution in [-0.2, 0) is 22.6 Å². The van der Waals surface area contributed by atoms with Crippen LogP contribution in [0.5, 0.6) is 0 Å². The second-order valence-corrected chi connectivity index (χ2v) is 8.27. The van der Waals surface area contributed by atoms with E-state index in [0.717, 1.165) is 12.0 Å². The lowest BCUT2D eigenvalue weighted by Crippen LogP contribution is -2.35. The van der Waals surface area contributed by atoms with E-state index in [1.165, 1.54) is 4.68 Å². The highest BCUT2D eigenvalue weighted by atomic mass is 16.6. The summed E-state index contributed by atoms with van der Waals surface area (Å²) in [5, 5.41) is 17.0. The lowest BCUT2D eigenvalue weighted by Gasteiger charge is -2.21. The molecule has 0 spiro atoms. The fraction of sp³-hybridized carbons (Fsp3) is 0.550. The SMILES string of the molecule is CC(C)CC(NC(=O)Cn1nnnc1CNC(=O)OC(C)(C)C)c1ccccc1. The van der Waals surface area contributed by atoms with Gasteiger partial charge in [0.1, 0.15) is 12.1 Å². The van der Waals surface area contributed by atoms with Gasteiger partial charge in [0.2, 0.25) is 5.91 Å². The third-order valence-corrected chi connectivity index (χ3v) is 3.93. The molecule has 2 amide bonds. The van der Waals surface area contributed by atoms with Gasteiger partial charge in [-0.15, -0.1) is 5.10 Å². The maximum atomic E-state index is 12.6. The minimum absolute atomic E-state index is 0.0419. The van der Waals surface area contributed by atoms with Crippen molar-refractivity contribution in [3.05, 3.63) is 41.7 Å². The van der Waals surface area contributed by atoms with Crippen LogP contribution in [0.1, 0.15) is 58.5 Å². The van der Waals surface area contributed by atoms with E-state index in [2.05, 4.69) is 40.0 Å². The molecule has 0 saturated carbocycles. The number of aromatic nitrogens is 4. The van der Waals surface area contributed by atoms with Crippen LogP contribution in [0.15, 0.2) is 30.3 Å². The molecule has 1 aromatic carbocycles. The third kappa shape index (κ3) is 7.89. The average Bonchev–Trinajstić information content (AvgIpc) is 3.05. The summed E-state index contributed by atoms with van der Waals surface area (Å²) in [4.78, 5) is 24.4. The Morgan fingerprint density at radius 1 is 1.17 bits per heavy atom. The smallest absolute Gasteiger partial charge is 0.408 e. The first kappa shape index (κ1) is 22.3. The van der Waals surface area contributed by atoms with Crippen LogP contribution in [0.4, 0.5) is 4.79 Å². The van der Waals surface area contributed by atoms with Gasteiger partial charge in [0.15, 0.2) is 5.82 Å². The summed E-state index contributed by atoms with van der Waals surface area (Å²) in [5.41, 5.74) is 0.455. The zero-order chi connectivity index (χ0) is 21.4. The number of hydrogen-bond donors (Lipinski definition) is 2. The molecule has 1 aromatic heterocycles. The number of hydrogen-bond acceptors (Lipinski definition) is 6. The zero-order valence-electron chi connectivity index (χ0n) is 17.7. The first-order valence-corrected chi connectivity index (χ1v) is 9.70. The van der Waals surface area contributed by atoms with Gasteiger partial charge < -0.3 is 15.4 Å². The van der Waals surface area contributed by atoms with Crippen molar-refractivity contribution in [3.63, 3.8) is 0 Å². The molecule has 2 aromatic rings. The molecular weight excluding hydrogens is 372 g/mol. The lowest BCUT2D eigenvalue weighted by atomic mass is 9.97. The Labute approximate surface area is 171 Å². The lowest BCUT2D eigenvalue weighted by molar-refractivity contribution is -0.122. The number of rotatable bonds is 8. The van der Waals surface area contributed by atoms with E-state index in [1.807, 2.05) is 30.3 Å². The van der Waals surface area contributed by atoms with Crippen molar-refractivity contribution >= 4 is 12.0 Å². The third-order valence-electron chi connectivity index (χ3n) is 3.93. The Balaban J connectivity index is 1.96. The molecule has 158 valence electrons. The number of carbonyl (C=O) groups excluding carboxylic acids is 2. The summed E-state index contributed by atoms with van der Waals surface area (Å²) in [6, 6.07) is 9.76. The Hall–Kier alpha value is -2.97. The molecule has 0 radical (unpaired) electrons. The molecule has 1 unspecified atom stereocenters. The second kappa shape index (κ2) is 9.99. The predicted molar refractivity (Wildman–Crippen MR) is 108 cm³/mol. The molecule has 0 aliphatic carbocycles. The largest absolute Gasteiger partial charge is 0.444 e. The molecule has 1 atom stereocenters. The maximum absolute atomic E-state index is 12.6. The van der Waals surface area contributed by atoms with Gasteiger partial charge in [0, 0.05) is 0 Å². The summed E-state index contributed by atoms with van der Waals surface area (Å²) >= 11 is 0. The van der Waals surface area contributed by atoms with Gasteiger partial charge in [-0.1, -0.05) is 44.2 Å². The standard InChI is InChI=1S/C20H30N6O3/c1-14(2)11-16(15-9-7-6-8-10-15)22-18(27)13-26-17(23-24-25-26)12-21-19(28)29-20(3,4)5/h6-10,14,16H,11-13H2,1-5H3,(H,21,28)(H,22,27). The van der Waals surface area contributed by atoms with Crippen molar-refractivity contribution in [2.45, 2.75) is 65.8 Å². The first-order valence-electron chi connectivity index (χ1n) is 9.70. The number of amides is 2. The maximum Gasteiger partial charge on any atom is 0.408 e. The van der Waals surface area contributed by atoms with Crippen molar-refractivity contribution in [3.8, 4) is 0 Å². The number of nitrogens with zero attached hydrogens (tertiary/aromatic N) is 4. The van der Waals surface area contributed by atoms with Crippen LogP contribution in [-0.4, -0.2) is 37.8 Å². The number of carbonyl (C=O) groups is 2. The molecule has 0 saturated heterocycles. The summed E-state index contributed by atoms with van der Waals surface area (Å²) in [5.74, 6) is 0.582. The van der Waals surface area contributed by atoms with Crippen molar-refractivity contribution in [1.82, 2.24) is 30.8 Å². The minimum atomic E-state index is -0.598. The van der Waals surface area contributed by atoms with E-state index in [9.17, 15) is 9.59 Å². The van der Waals surface area contributed by atoms with E-state index in [-0.39, 0.29) is 25.0 Å². The monoisotopic (exact) mass is 402 g/mol. The average molecular weight is 402 g/mol. The molecule has 0 aliphatic heterocycles. The van der Waals surface area contributed by atoms with Gasteiger partial charge in [-0.3, -0.25) is 4.79 Å². The summed E-state index contributed by atoms with van der Waals surface area (Å²) in [6.45, 7) is 9.58. The quantitative estimate of drug-likeness (QED) is 0.702. The highest BCUT2D eigenvalue weighted by Crippen LogP contribution is 2.21. The van der Waals surface area contributed by atoms with Gasteiger partial charge in [-0.05, 0) is 49.1 Å². The number of tetrazole rings is 1. The number of nitrogens with one attached hydrogen (secondary N) is 2. The molecule has 9 heteroatoms. The molecular formula is C20H30N6O3.